The molecule has 1 N–H and O–H groups in total. The van der Waals surface area contributed by atoms with Crippen molar-refractivity contribution in [2.75, 3.05) is 13.1 Å². The van der Waals surface area contributed by atoms with Crippen molar-refractivity contribution < 1.29 is 0 Å². The molecule has 4 aliphatic carbocycles. The topological polar surface area (TPSA) is 39.1 Å². The van der Waals surface area contributed by atoms with Crippen molar-refractivity contribution in [1.82, 2.24) is 10.2 Å². The SMILES string of the molecule is C/C=C(\CNCC1=CCC(BCC)C#C1)C1=CC=C(/C(C#N)=C/[C@H]2CC=C(N(C3=BCC=CC3)C3=CCCC=C3)CC2)CC1. The summed E-state index contributed by atoms with van der Waals surface area (Å²) in [6, 6.07) is 2.55. The number of nitrogens with one attached hydrogen (secondary N) is 1. The molecule has 0 saturated heterocycles. The van der Waals surface area contributed by atoms with Crippen molar-refractivity contribution in [3.8, 4) is 17.9 Å². The second-order valence-electron chi connectivity index (χ2n) is 12.5. The molecule has 0 fully saturated rings. The Labute approximate surface area is 267 Å². The molecular weight excluding hydrogens is 532 g/mol. The van der Waals surface area contributed by atoms with Crippen LogP contribution in [-0.2, 0) is 0 Å². The van der Waals surface area contributed by atoms with Gasteiger partial charge in [0.15, 0.2) is 0 Å². The second-order valence-corrected chi connectivity index (χ2v) is 12.5. The van der Waals surface area contributed by atoms with Crippen LogP contribution in [0.5, 0.6) is 0 Å². The van der Waals surface area contributed by atoms with E-state index in [1.807, 2.05) is 0 Å². The molecule has 2 atom stereocenters. The average molecular weight is 579 g/mol. The molecule has 0 amide bonds. The van der Waals surface area contributed by atoms with E-state index in [2.05, 4.69) is 116 Å². The molecule has 0 bridgehead atoms. The normalized spacial score (nSPS) is 23.4. The Hall–Kier alpha value is -3.53. The molecule has 0 aromatic heterocycles. The Morgan fingerprint density at radius 2 is 2.00 bits per heavy atom. The van der Waals surface area contributed by atoms with Gasteiger partial charge in [0.05, 0.1) is 0 Å². The third-order valence-corrected chi connectivity index (χ3v) is 9.35. The molecular formula is C39H47B2N3. The minimum atomic E-state index is 0.405. The second kappa shape index (κ2) is 16.5. The summed E-state index contributed by atoms with van der Waals surface area (Å²) in [4.78, 5) is 2.51. The van der Waals surface area contributed by atoms with Crippen LogP contribution in [0.2, 0.25) is 18.5 Å². The maximum atomic E-state index is 10.1. The van der Waals surface area contributed by atoms with Crippen LogP contribution in [0.3, 0.4) is 0 Å². The van der Waals surface area contributed by atoms with E-state index in [9.17, 15) is 5.26 Å². The molecule has 0 spiro atoms. The summed E-state index contributed by atoms with van der Waals surface area (Å²) >= 11 is 0. The monoisotopic (exact) mass is 579 g/mol. The number of allylic oxidation sites excluding steroid dienone is 13. The summed E-state index contributed by atoms with van der Waals surface area (Å²) in [5, 5.41) is 13.7. The van der Waals surface area contributed by atoms with Crippen molar-refractivity contribution in [2.45, 2.75) is 90.1 Å². The third-order valence-electron chi connectivity index (χ3n) is 9.35. The van der Waals surface area contributed by atoms with Crippen LogP contribution in [0, 0.1) is 29.1 Å². The van der Waals surface area contributed by atoms with Gasteiger partial charge in [-0.2, -0.15) is 0 Å². The zero-order valence-corrected chi connectivity index (χ0v) is 26.9. The van der Waals surface area contributed by atoms with Crippen molar-refractivity contribution in [3.05, 3.63) is 106 Å². The zero-order chi connectivity index (χ0) is 30.6. The van der Waals surface area contributed by atoms with Gasteiger partial charge in [0, 0.05) is 18.7 Å². The van der Waals surface area contributed by atoms with Crippen LogP contribution in [0.25, 0.3) is 0 Å². The molecule has 1 heterocycles. The molecule has 224 valence electrons. The molecule has 0 aromatic carbocycles. The summed E-state index contributed by atoms with van der Waals surface area (Å²) in [5.41, 5.74) is 10.1. The first kappa shape index (κ1) is 31.9. The zero-order valence-electron chi connectivity index (χ0n) is 26.9. The molecule has 1 unspecified atom stereocenters. The van der Waals surface area contributed by atoms with Gasteiger partial charge in [0.1, 0.15) is 7.28 Å². The van der Waals surface area contributed by atoms with E-state index in [-0.39, 0.29) is 0 Å². The Kier molecular flexibility index (Phi) is 12.0. The van der Waals surface area contributed by atoms with E-state index in [4.69, 9.17) is 0 Å². The van der Waals surface area contributed by atoms with Crippen molar-refractivity contribution in [2.24, 2.45) is 5.92 Å². The van der Waals surface area contributed by atoms with Crippen LogP contribution in [0.15, 0.2) is 106 Å². The Balaban J connectivity index is 1.19. The molecule has 5 rings (SSSR count). The van der Waals surface area contributed by atoms with Gasteiger partial charge in [0.25, 0.3) is 0 Å². The fourth-order valence-electron chi connectivity index (χ4n) is 6.80. The third kappa shape index (κ3) is 8.55. The number of rotatable bonds is 12. The van der Waals surface area contributed by atoms with Crippen molar-refractivity contribution in [3.63, 3.8) is 0 Å². The van der Waals surface area contributed by atoms with E-state index in [1.54, 1.807) is 0 Å². The summed E-state index contributed by atoms with van der Waals surface area (Å²) in [6.07, 6.45) is 36.7. The summed E-state index contributed by atoms with van der Waals surface area (Å²) in [7, 11) is 1.20. The van der Waals surface area contributed by atoms with Gasteiger partial charge in [0.2, 0.25) is 0 Å². The molecule has 0 radical (unpaired) electrons. The van der Waals surface area contributed by atoms with Gasteiger partial charge in [-0.05, 0) is 24.7 Å². The van der Waals surface area contributed by atoms with Crippen molar-refractivity contribution in [1.29, 1.82) is 5.26 Å². The quantitative estimate of drug-likeness (QED) is 0.110. The van der Waals surface area contributed by atoms with Gasteiger partial charge in [-0.1, -0.05) is 31.3 Å². The first-order valence-electron chi connectivity index (χ1n) is 17.0. The molecule has 5 heteroatoms. The molecule has 0 aromatic rings. The Bertz CT molecular complexity index is 1490. The predicted octanol–water partition coefficient (Wildman–Crippen LogP) is 8.05. The molecule has 3 nitrogen and oxygen atoms in total. The fourth-order valence-corrected chi connectivity index (χ4v) is 6.80. The van der Waals surface area contributed by atoms with E-state index < -0.39 is 0 Å². The Morgan fingerprint density at radius 1 is 1.11 bits per heavy atom. The predicted molar refractivity (Wildman–Crippen MR) is 191 cm³/mol. The van der Waals surface area contributed by atoms with E-state index in [0.717, 1.165) is 82.8 Å². The first-order valence-corrected chi connectivity index (χ1v) is 17.0. The minimum absolute atomic E-state index is 0.405. The summed E-state index contributed by atoms with van der Waals surface area (Å²) in [5.74, 6) is 7.75. The van der Waals surface area contributed by atoms with E-state index in [0.29, 0.717) is 11.7 Å². The number of nitrogens with zero attached hydrogens (tertiary/aromatic N) is 2. The van der Waals surface area contributed by atoms with Crippen LogP contribution < -0.4 is 5.32 Å². The fraction of sp³-hybridized carbons (Fsp3) is 0.436. The molecule has 5 aliphatic rings. The van der Waals surface area contributed by atoms with E-state index >= 15 is 0 Å². The van der Waals surface area contributed by atoms with Gasteiger partial charge in [-0.15, -0.1) is 5.92 Å². The number of hydrogen-bond acceptors (Lipinski definition) is 3. The van der Waals surface area contributed by atoms with Crippen molar-refractivity contribution >= 4 is 19.8 Å². The number of nitriles is 1. The standard InChI is InChI=1S/C39H47B2N3/c1-3-32(29-43-28-31-13-21-36(22-14-31)40-4-2)33-17-19-34(20-18-33)35(27-42)26-30-15-23-38(24-16-30)44(37-10-6-5-7-11-37)39-12-8-9-25-41-39/h3,6,8-11,13,17,19,23,26,30,36,40,43H,4-5,7,12,15-16,18,20-21,24-25,28-29H2,1-2H3/b32-3+,35-26+/t30-,36?/m0/s1. The van der Waals surface area contributed by atoms with Crippen LogP contribution >= 0.6 is 0 Å². The van der Waals surface area contributed by atoms with E-state index in [1.165, 1.54) is 52.9 Å². The van der Waals surface area contributed by atoms with Crippen LogP contribution in [-0.4, -0.2) is 37.8 Å². The van der Waals surface area contributed by atoms with Crippen LogP contribution in [0.4, 0.5) is 0 Å². The summed E-state index contributed by atoms with van der Waals surface area (Å²) in [6.45, 7) is 8.41. The average Bonchev–Trinajstić information content (AvgIpc) is 3.08. The molecule has 0 saturated carbocycles. The van der Waals surface area contributed by atoms with Gasteiger partial charge in [-0.25, -0.2) is 0 Å². The Morgan fingerprint density at radius 3 is 2.64 bits per heavy atom. The molecule has 44 heavy (non-hydrogen) atoms. The van der Waals surface area contributed by atoms with Crippen LogP contribution in [0.1, 0.15) is 71.6 Å². The van der Waals surface area contributed by atoms with Gasteiger partial charge < -0.3 is 5.32 Å². The maximum absolute atomic E-state index is 10.1. The first-order chi connectivity index (χ1) is 21.7. The van der Waals surface area contributed by atoms with Gasteiger partial charge >= 0.3 is 175 Å². The number of hydrogen-bond donors (Lipinski definition) is 1. The summed E-state index contributed by atoms with van der Waals surface area (Å²) < 4.78 is 0. The molecule has 1 aliphatic heterocycles. The van der Waals surface area contributed by atoms with Gasteiger partial charge in [-0.3, -0.25) is 0 Å².